The van der Waals surface area contributed by atoms with Crippen molar-refractivity contribution in [3.63, 3.8) is 0 Å². The SMILES string of the molecule is COc1cc(CN2CCN(c3noc(-c4ccccc4)n3)CC2)cc(OC)c1. The Morgan fingerprint density at radius 3 is 2.25 bits per heavy atom. The van der Waals surface area contributed by atoms with Gasteiger partial charge in [0.2, 0.25) is 0 Å². The molecule has 0 radical (unpaired) electrons. The predicted molar refractivity (Wildman–Crippen MR) is 107 cm³/mol. The molecule has 1 aromatic heterocycles. The molecule has 1 fully saturated rings. The highest BCUT2D eigenvalue weighted by molar-refractivity contribution is 5.54. The van der Waals surface area contributed by atoms with Crippen molar-refractivity contribution in [2.45, 2.75) is 6.54 Å². The molecule has 0 unspecified atom stereocenters. The van der Waals surface area contributed by atoms with Gasteiger partial charge in [-0.25, -0.2) is 0 Å². The van der Waals surface area contributed by atoms with Crippen LogP contribution in [0.4, 0.5) is 5.95 Å². The van der Waals surface area contributed by atoms with Crippen LogP contribution in [0.2, 0.25) is 0 Å². The number of hydrogen-bond acceptors (Lipinski definition) is 7. The summed E-state index contributed by atoms with van der Waals surface area (Å²) in [6.07, 6.45) is 0. The molecule has 0 bridgehead atoms. The molecular formula is C21H24N4O3. The molecule has 2 aromatic carbocycles. The predicted octanol–water partition coefficient (Wildman–Crippen LogP) is 3.08. The first-order chi connectivity index (χ1) is 13.7. The molecule has 4 rings (SSSR count). The Morgan fingerprint density at radius 2 is 1.61 bits per heavy atom. The molecule has 0 saturated carbocycles. The molecule has 146 valence electrons. The van der Waals surface area contributed by atoms with Crippen molar-refractivity contribution in [3.05, 3.63) is 54.1 Å². The molecule has 1 aliphatic rings. The van der Waals surface area contributed by atoms with Gasteiger partial charge in [-0.15, -0.1) is 0 Å². The maximum Gasteiger partial charge on any atom is 0.266 e. The average molecular weight is 380 g/mol. The van der Waals surface area contributed by atoms with Crippen LogP contribution < -0.4 is 14.4 Å². The third kappa shape index (κ3) is 4.09. The third-order valence-electron chi connectivity index (χ3n) is 4.91. The molecule has 1 saturated heterocycles. The van der Waals surface area contributed by atoms with E-state index in [0.717, 1.165) is 49.8 Å². The second kappa shape index (κ2) is 8.31. The van der Waals surface area contributed by atoms with Gasteiger partial charge in [0.1, 0.15) is 11.5 Å². The summed E-state index contributed by atoms with van der Waals surface area (Å²) < 4.78 is 16.2. The smallest absolute Gasteiger partial charge is 0.266 e. The van der Waals surface area contributed by atoms with Crippen molar-refractivity contribution in [2.24, 2.45) is 0 Å². The molecule has 0 amide bonds. The summed E-state index contributed by atoms with van der Waals surface area (Å²) in [6.45, 7) is 4.41. The van der Waals surface area contributed by atoms with E-state index in [-0.39, 0.29) is 0 Å². The van der Waals surface area contributed by atoms with Gasteiger partial charge in [-0.3, -0.25) is 4.90 Å². The highest BCUT2D eigenvalue weighted by atomic mass is 16.5. The number of ether oxygens (including phenoxy) is 2. The topological polar surface area (TPSA) is 63.9 Å². The summed E-state index contributed by atoms with van der Waals surface area (Å²) >= 11 is 0. The zero-order valence-electron chi connectivity index (χ0n) is 16.2. The van der Waals surface area contributed by atoms with Crippen molar-refractivity contribution in [2.75, 3.05) is 45.3 Å². The largest absolute Gasteiger partial charge is 0.497 e. The molecule has 2 heterocycles. The average Bonchev–Trinajstić information content (AvgIpc) is 3.25. The van der Waals surface area contributed by atoms with E-state index in [0.29, 0.717) is 11.8 Å². The summed E-state index contributed by atoms with van der Waals surface area (Å²) in [5.41, 5.74) is 2.11. The van der Waals surface area contributed by atoms with Crippen LogP contribution in [0.3, 0.4) is 0 Å². The number of benzene rings is 2. The Bertz CT molecular complexity index is 883. The van der Waals surface area contributed by atoms with Crippen molar-refractivity contribution in [1.82, 2.24) is 15.0 Å². The monoisotopic (exact) mass is 380 g/mol. The van der Waals surface area contributed by atoms with Crippen molar-refractivity contribution < 1.29 is 14.0 Å². The molecule has 3 aromatic rings. The Hall–Kier alpha value is -3.06. The maximum absolute atomic E-state index is 5.43. The number of rotatable bonds is 6. The van der Waals surface area contributed by atoms with E-state index in [1.165, 1.54) is 5.56 Å². The second-order valence-corrected chi connectivity index (χ2v) is 6.75. The zero-order valence-corrected chi connectivity index (χ0v) is 16.2. The first-order valence-corrected chi connectivity index (χ1v) is 9.33. The summed E-state index contributed by atoms with van der Waals surface area (Å²) in [4.78, 5) is 9.13. The van der Waals surface area contributed by atoms with E-state index < -0.39 is 0 Å². The van der Waals surface area contributed by atoms with E-state index in [1.807, 2.05) is 36.4 Å². The van der Waals surface area contributed by atoms with E-state index >= 15 is 0 Å². The van der Waals surface area contributed by atoms with Crippen LogP contribution in [0.15, 0.2) is 53.1 Å². The van der Waals surface area contributed by atoms with E-state index in [1.54, 1.807) is 14.2 Å². The highest BCUT2D eigenvalue weighted by Crippen LogP contribution is 2.24. The number of methoxy groups -OCH3 is 2. The standard InChI is InChI=1S/C21H24N4O3/c1-26-18-12-16(13-19(14-18)27-2)15-24-8-10-25(11-9-24)21-22-20(28-23-21)17-6-4-3-5-7-17/h3-7,12-14H,8-11,15H2,1-2H3. The summed E-state index contributed by atoms with van der Waals surface area (Å²) in [5, 5.41) is 4.16. The molecule has 7 heteroatoms. The number of piperazine rings is 1. The molecular weight excluding hydrogens is 356 g/mol. The van der Waals surface area contributed by atoms with Gasteiger partial charge in [-0.1, -0.05) is 18.2 Å². The van der Waals surface area contributed by atoms with E-state index in [4.69, 9.17) is 14.0 Å². The fourth-order valence-electron chi connectivity index (χ4n) is 3.36. The Balaban J connectivity index is 1.37. The maximum atomic E-state index is 5.43. The lowest BCUT2D eigenvalue weighted by Crippen LogP contribution is -2.46. The van der Waals surface area contributed by atoms with E-state index in [9.17, 15) is 0 Å². The first kappa shape index (κ1) is 18.3. The minimum atomic E-state index is 0.557. The molecule has 0 N–H and O–H groups in total. The minimum Gasteiger partial charge on any atom is -0.497 e. The van der Waals surface area contributed by atoms with Gasteiger partial charge < -0.3 is 18.9 Å². The fraction of sp³-hybridized carbons (Fsp3) is 0.333. The van der Waals surface area contributed by atoms with Gasteiger partial charge in [0, 0.05) is 44.4 Å². The molecule has 1 aliphatic heterocycles. The van der Waals surface area contributed by atoms with Gasteiger partial charge in [0.15, 0.2) is 0 Å². The number of aromatic nitrogens is 2. The fourth-order valence-corrected chi connectivity index (χ4v) is 3.36. The molecule has 7 nitrogen and oxygen atoms in total. The van der Waals surface area contributed by atoms with Crippen LogP contribution in [-0.4, -0.2) is 55.4 Å². The molecule has 0 atom stereocenters. The van der Waals surface area contributed by atoms with Crippen LogP contribution in [0, 0.1) is 0 Å². The van der Waals surface area contributed by atoms with E-state index in [2.05, 4.69) is 32.1 Å². The van der Waals surface area contributed by atoms with Crippen molar-refractivity contribution in [3.8, 4) is 23.0 Å². The third-order valence-corrected chi connectivity index (χ3v) is 4.91. The Labute approximate surface area is 164 Å². The van der Waals surface area contributed by atoms with Gasteiger partial charge in [0.05, 0.1) is 14.2 Å². The molecule has 0 aliphatic carbocycles. The minimum absolute atomic E-state index is 0.557. The van der Waals surface area contributed by atoms with Crippen LogP contribution in [-0.2, 0) is 6.54 Å². The quantitative estimate of drug-likeness (QED) is 0.651. The van der Waals surface area contributed by atoms with Gasteiger partial charge in [0.25, 0.3) is 11.8 Å². The summed E-state index contributed by atoms with van der Waals surface area (Å²) in [6, 6.07) is 15.8. The first-order valence-electron chi connectivity index (χ1n) is 9.33. The number of anilines is 1. The number of nitrogens with zero attached hydrogens (tertiary/aromatic N) is 4. The summed E-state index contributed by atoms with van der Waals surface area (Å²) in [5.74, 6) is 2.84. The van der Waals surface area contributed by atoms with Gasteiger partial charge >= 0.3 is 0 Å². The van der Waals surface area contributed by atoms with Crippen LogP contribution >= 0.6 is 0 Å². The van der Waals surface area contributed by atoms with Crippen molar-refractivity contribution >= 4 is 5.95 Å². The van der Waals surface area contributed by atoms with Crippen LogP contribution in [0.1, 0.15) is 5.56 Å². The Kier molecular flexibility index (Phi) is 5.43. The lowest BCUT2D eigenvalue weighted by atomic mass is 10.1. The van der Waals surface area contributed by atoms with Gasteiger partial charge in [-0.2, -0.15) is 4.98 Å². The Morgan fingerprint density at radius 1 is 0.929 bits per heavy atom. The lowest BCUT2D eigenvalue weighted by molar-refractivity contribution is 0.247. The molecule has 28 heavy (non-hydrogen) atoms. The number of hydrogen-bond donors (Lipinski definition) is 0. The zero-order chi connectivity index (χ0) is 19.3. The van der Waals surface area contributed by atoms with Crippen LogP contribution in [0.25, 0.3) is 11.5 Å². The lowest BCUT2D eigenvalue weighted by Gasteiger charge is -2.33. The van der Waals surface area contributed by atoms with Crippen LogP contribution in [0.5, 0.6) is 11.5 Å². The van der Waals surface area contributed by atoms with Gasteiger partial charge in [-0.05, 0) is 35.0 Å². The van der Waals surface area contributed by atoms with Crippen molar-refractivity contribution in [1.29, 1.82) is 0 Å². The molecule has 0 spiro atoms. The normalized spacial score (nSPS) is 14.9. The highest BCUT2D eigenvalue weighted by Gasteiger charge is 2.21. The second-order valence-electron chi connectivity index (χ2n) is 6.75. The summed E-state index contributed by atoms with van der Waals surface area (Å²) in [7, 11) is 3.35.